The SMILES string of the molecule is CCOC(=O)C1=C(C(=O)OCC)N2C=Cc3ccccc3[C@H]2[C@H]2c3ccccc3[C@H]3N(C(C(=O)OCC)=C(C(=O)OCC)C3(C(C)=O)C(C)=O)[C@@H]12. The predicted octanol–water partition coefficient (Wildman–Crippen LogP) is 4.48. The molecule has 2 aromatic rings. The number of hydrogen-bond donors (Lipinski definition) is 0. The van der Waals surface area contributed by atoms with Crippen molar-refractivity contribution in [2.24, 2.45) is 5.41 Å². The summed E-state index contributed by atoms with van der Waals surface area (Å²) in [6.07, 6.45) is 3.55. The number of nitrogens with zero attached hydrogens (tertiary/aromatic N) is 2. The van der Waals surface area contributed by atoms with Crippen LogP contribution in [0.25, 0.3) is 6.08 Å². The van der Waals surface area contributed by atoms with Crippen molar-refractivity contribution in [3.63, 3.8) is 0 Å². The highest BCUT2D eigenvalue weighted by atomic mass is 16.5. The summed E-state index contributed by atoms with van der Waals surface area (Å²) in [4.78, 5) is 88.7. The third kappa shape index (κ3) is 5.10. The summed E-state index contributed by atoms with van der Waals surface area (Å²) in [5.74, 6) is -5.91. The minimum atomic E-state index is -2.26. The molecule has 4 aliphatic rings. The van der Waals surface area contributed by atoms with E-state index in [0.29, 0.717) is 11.1 Å². The van der Waals surface area contributed by atoms with E-state index in [-0.39, 0.29) is 37.7 Å². The summed E-state index contributed by atoms with van der Waals surface area (Å²) < 4.78 is 22.2. The van der Waals surface area contributed by atoms with Crippen LogP contribution in [-0.2, 0) is 47.7 Å². The van der Waals surface area contributed by atoms with Gasteiger partial charge >= 0.3 is 23.9 Å². The quantitative estimate of drug-likeness (QED) is 0.196. The number of Topliss-reactive ketones (excluding diaryl/α,β-unsaturated/α-hetero) is 2. The van der Waals surface area contributed by atoms with Crippen molar-refractivity contribution in [3.05, 3.63) is 99.5 Å². The van der Waals surface area contributed by atoms with Crippen LogP contribution in [0.4, 0.5) is 0 Å². The third-order valence-electron chi connectivity index (χ3n) is 10.1. The maximum Gasteiger partial charge on any atom is 0.355 e. The molecule has 0 bridgehead atoms. The fraction of sp³-hybridized carbons (Fsp3) is 0.385. The van der Waals surface area contributed by atoms with E-state index in [1.54, 1.807) is 57.0 Å². The van der Waals surface area contributed by atoms with Crippen molar-refractivity contribution in [1.29, 1.82) is 0 Å². The molecule has 266 valence electrons. The molecule has 0 N–H and O–H groups in total. The smallest absolute Gasteiger partial charge is 0.355 e. The Kier molecular flexibility index (Phi) is 9.45. The molecule has 0 spiro atoms. The molecule has 2 aromatic carbocycles. The van der Waals surface area contributed by atoms with Crippen LogP contribution in [0.1, 0.15) is 81.8 Å². The van der Waals surface area contributed by atoms with Crippen LogP contribution in [0.2, 0.25) is 0 Å². The number of hydrogen-bond acceptors (Lipinski definition) is 12. The Bertz CT molecular complexity index is 1930. The highest BCUT2D eigenvalue weighted by Crippen LogP contribution is 2.65. The van der Waals surface area contributed by atoms with E-state index in [9.17, 15) is 28.8 Å². The number of carbonyl (C=O) groups is 6. The van der Waals surface area contributed by atoms with Gasteiger partial charge in [0.05, 0.1) is 55.7 Å². The van der Waals surface area contributed by atoms with Crippen LogP contribution in [0.5, 0.6) is 0 Å². The molecule has 0 saturated carbocycles. The molecule has 6 rings (SSSR count). The molecule has 0 radical (unpaired) electrons. The first-order valence-corrected chi connectivity index (χ1v) is 17.1. The van der Waals surface area contributed by atoms with Crippen molar-refractivity contribution in [3.8, 4) is 0 Å². The Morgan fingerprint density at radius 1 is 0.627 bits per heavy atom. The number of benzene rings is 2. The van der Waals surface area contributed by atoms with E-state index >= 15 is 0 Å². The first-order chi connectivity index (χ1) is 24.5. The summed E-state index contributed by atoms with van der Waals surface area (Å²) >= 11 is 0. The van der Waals surface area contributed by atoms with E-state index in [4.69, 9.17) is 18.9 Å². The number of ketones is 2. The Balaban J connectivity index is 1.84. The molecule has 12 heteroatoms. The molecule has 0 fully saturated rings. The Hall–Kier alpha value is -5.52. The lowest BCUT2D eigenvalue weighted by molar-refractivity contribution is -0.149. The van der Waals surface area contributed by atoms with E-state index in [1.807, 2.05) is 36.4 Å². The average molecular weight is 697 g/mol. The summed E-state index contributed by atoms with van der Waals surface area (Å²) in [5.41, 5.74) is -0.624. The van der Waals surface area contributed by atoms with Gasteiger partial charge in [0.2, 0.25) is 0 Å². The maximum atomic E-state index is 14.4. The summed E-state index contributed by atoms with van der Waals surface area (Å²) in [7, 11) is 0. The van der Waals surface area contributed by atoms with Gasteiger partial charge < -0.3 is 28.7 Å². The Morgan fingerprint density at radius 2 is 1.14 bits per heavy atom. The zero-order valence-corrected chi connectivity index (χ0v) is 29.4. The van der Waals surface area contributed by atoms with Crippen LogP contribution in [0.15, 0.2) is 77.3 Å². The van der Waals surface area contributed by atoms with Crippen LogP contribution < -0.4 is 0 Å². The second-order valence-electron chi connectivity index (χ2n) is 12.5. The number of carbonyl (C=O) groups excluding carboxylic acids is 6. The molecule has 12 nitrogen and oxygen atoms in total. The van der Waals surface area contributed by atoms with Gasteiger partial charge in [-0.15, -0.1) is 0 Å². The lowest BCUT2D eigenvalue weighted by atomic mass is 9.62. The average Bonchev–Trinajstić information content (AvgIpc) is 3.45. The van der Waals surface area contributed by atoms with Crippen molar-refractivity contribution in [2.45, 2.75) is 65.6 Å². The first-order valence-electron chi connectivity index (χ1n) is 17.1. The highest BCUT2D eigenvalue weighted by Gasteiger charge is 2.69. The Labute approximate surface area is 295 Å². The molecule has 4 heterocycles. The lowest BCUT2D eigenvalue weighted by Crippen LogP contribution is -2.58. The molecular weight excluding hydrogens is 656 g/mol. The van der Waals surface area contributed by atoms with Gasteiger partial charge in [0, 0.05) is 12.1 Å². The fourth-order valence-corrected chi connectivity index (χ4v) is 8.43. The summed E-state index contributed by atoms with van der Waals surface area (Å²) in [6, 6.07) is 11.5. The lowest BCUT2D eigenvalue weighted by Gasteiger charge is -2.56. The van der Waals surface area contributed by atoms with Crippen molar-refractivity contribution in [1.82, 2.24) is 9.80 Å². The van der Waals surface area contributed by atoms with Gasteiger partial charge in [0.1, 0.15) is 16.8 Å². The number of esters is 4. The van der Waals surface area contributed by atoms with Crippen LogP contribution >= 0.6 is 0 Å². The molecule has 0 amide bonds. The summed E-state index contributed by atoms with van der Waals surface area (Å²) in [6.45, 7) is 8.48. The first kappa shape index (κ1) is 35.3. The molecular formula is C39H40N2O10. The largest absolute Gasteiger partial charge is 0.463 e. The zero-order valence-electron chi connectivity index (χ0n) is 29.4. The van der Waals surface area contributed by atoms with Crippen molar-refractivity contribution >= 4 is 41.5 Å². The number of fused-ring (bicyclic) bond motifs is 10. The fourth-order valence-electron chi connectivity index (χ4n) is 8.43. The monoisotopic (exact) mass is 696 g/mol. The second-order valence-corrected chi connectivity index (χ2v) is 12.5. The van der Waals surface area contributed by atoms with Crippen LogP contribution in [0.3, 0.4) is 0 Å². The number of ether oxygens (including phenoxy) is 4. The zero-order chi connectivity index (χ0) is 36.8. The molecule has 0 saturated heterocycles. The minimum absolute atomic E-state index is 0.0146. The topological polar surface area (TPSA) is 146 Å². The van der Waals surface area contributed by atoms with Crippen LogP contribution in [0, 0.1) is 5.41 Å². The van der Waals surface area contributed by atoms with Gasteiger partial charge in [-0.2, -0.15) is 0 Å². The predicted molar refractivity (Wildman–Crippen MR) is 182 cm³/mol. The van der Waals surface area contributed by atoms with E-state index in [2.05, 4.69) is 0 Å². The van der Waals surface area contributed by atoms with Gasteiger partial charge in [0.25, 0.3) is 0 Å². The standard InChI is InChI=1S/C39H40N2O10/c1-7-48-35(44)28-31-27(30-24-16-12-11-15-23(24)19-20-40(30)32(28)37(46)50-9-3)25-17-13-14-18-26(25)34-39(21(5)42,22(6)43)29(36(45)49-8-2)33(41(31)34)38(47)51-10-4/h11-20,27,30-31,34H,7-10H2,1-6H3/t27-,30+,31-,34-/m1/s1. The molecule has 0 aliphatic carbocycles. The van der Waals surface area contributed by atoms with Crippen molar-refractivity contribution in [2.75, 3.05) is 26.4 Å². The minimum Gasteiger partial charge on any atom is -0.463 e. The number of rotatable bonds is 10. The molecule has 0 unspecified atom stereocenters. The van der Waals surface area contributed by atoms with Gasteiger partial charge in [-0.05, 0) is 69.9 Å². The molecule has 4 aliphatic heterocycles. The highest BCUT2D eigenvalue weighted by molar-refractivity contribution is 6.20. The summed E-state index contributed by atoms with van der Waals surface area (Å²) in [5, 5.41) is 0. The van der Waals surface area contributed by atoms with Crippen LogP contribution in [-0.4, -0.2) is 77.7 Å². The van der Waals surface area contributed by atoms with Gasteiger partial charge in [-0.25, -0.2) is 19.2 Å². The van der Waals surface area contributed by atoms with Gasteiger partial charge in [-0.3, -0.25) is 9.59 Å². The molecule has 4 atom stereocenters. The molecule has 0 aromatic heterocycles. The molecule has 51 heavy (non-hydrogen) atoms. The van der Waals surface area contributed by atoms with E-state index in [0.717, 1.165) is 11.1 Å². The third-order valence-corrected chi connectivity index (χ3v) is 10.1. The Morgan fingerprint density at radius 3 is 1.73 bits per heavy atom. The van der Waals surface area contributed by atoms with E-state index < -0.39 is 76.2 Å². The van der Waals surface area contributed by atoms with Gasteiger partial charge in [-0.1, -0.05) is 48.5 Å². The van der Waals surface area contributed by atoms with E-state index in [1.165, 1.54) is 18.7 Å². The van der Waals surface area contributed by atoms with Gasteiger partial charge in [0.15, 0.2) is 11.6 Å². The maximum absolute atomic E-state index is 14.4. The normalized spacial score (nSPS) is 22.2. The van der Waals surface area contributed by atoms with Crippen molar-refractivity contribution < 1.29 is 47.7 Å². The second kappa shape index (κ2) is 13.7.